The number of rotatable bonds is 5. The second-order valence-electron chi connectivity index (χ2n) is 9.50. The number of nitrogens with zero attached hydrogens (tertiary/aromatic N) is 3. The number of sulfone groups is 1. The van der Waals surface area contributed by atoms with Crippen molar-refractivity contribution in [3.8, 4) is 0 Å². The Morgan fingerprint density at radius 3 is 2.45 bits per heavy atom. The van der Waals surface area contributed by atoms with Crippen molar-refractivity contribution in [1.82, 2.24) is 14.5 Å². The highest BCUT2D eigenvalue weighted by Crippen LogP contribution is 2.32. The largest absolute Gasteiger partial charge is 0.327 e. The quantitative estimate of drug-likeness (QED) is 0.525. The zero-order valence-electron chi connectivity index (χ0n) is 18.3. The van der Waals surface area contributed by atoms with Gasteiger partial charge in [-0.15, -0.1) is 0 Å². The lowest BCUT2D eigenvalue weighted by molar-refractivity contribution is 0.112. The first kappa shape index (κ1) is 21.7. The first-order valence-electron chi connectivity index (χ1n) is 10.9. The van der Waals surface area contributed by atoms with Crippen LogP contribution in [0.3, 0.4) is 0 Å². The molecule has 1 saturated carbocycles. The Hall–Kier alpha value is -2.54. The minimum atomic E-state index is -3.80. The molecule has 31 heavy (non-hydrogen) atoms. The van der Waals surface area contributed by atoms with Crippen LogP contribution in [0.4, 0.5) is 0 Å². The van der Waals surface area contributed by atoms with Gasteiger partial charge in [-0.05, 0) is 49.1 Å². The molecule has 1 aliphatic carbocycles. The van der Waals surface area contributed by atoms with Crippen molar-refractivity contribution in [3.63, 3.8) is 0 Å². The Kier molecular flexibility index (Phi) is 5.73. The molecule has 0 unspecified atom stereocenters. The Morgan fingerprint density at radius 2 is 1.84 bits per heavy atom. The van der Waals surface area contributed by atoms with Gasteiger partial charge in [-0.25, -0.2) is 18.4 Å². The predicted octanol–water partition coefficient (Wildman–Crippen LogP) is 4.95. The average Bonchev–Trinajstić information content (AvgIpc) is 3.13. The van der Waals surface area contributed by atoms with Gasteiger partial charge < -0.3 is 4.57 Å². The fourth-order valence-corrected chi connectivity index (χ4v) is 5.60. The van der Waals surface area contributed by atoms with Gasteiger partial charge in [0.05, 0.1) is 15.9 Å². The molecule has 3 aromatic rings. The average molecular weight is 440 g/mol. The Labute approximate surface area is 183 Å². The van der Waals surface area contributed by atoms with Crippen molar-refractivity contribution in [2.24, 2.45) is 5.92 Å². The van der Waals surface area contributed by atoms with Gasteiger partial charge in [0.25, 0.3) is 0 Å². The molecule has 2 heterocycles. The molecule has 0 N–H and O–H groups in total. The number of hydrogen-bond donors (Lipinski definition) is 0. The van der Waals surface area contributed by atoms with E-state index in [1.54, 1.807) is 12.1 Å². The normalized spacial score (nSPS) is 16.0. The number of carbonyl (C=O) groups is 1. The Bertz CT molecular complexity index is 1200. The highest BCUT2D eigenvalue weighted by Gasteiger charge is 2.27. The third kappa shape index (κ3) is 4.28. The molecule has 6 nitrogen and oxygen atoms in total. The van der Waals surface area contributed by atoms with Crippen LogP contribution in [0, 0.1) is 5.92 Å². The Morgan fingerprint density at radius 1 is 1.10 bits per heavy atom. The molecular weight excluding hydrogens is 410 g/mol. The number of carbonyl (C=O) groups excluding carboxylic acids is 1. The molecule has 0 amide bonds. The number of benzene rings is 1. The van der Waals surface area contributed by atoms with Crippen LogP contribution < -0.4 is 0 Å². The zero-order chi connectivity index (χ0) is 22.2. The topological polar surface area (TPSA) is 81.9 Å². The molecule has 164 valence electrons. The maximum absolute atomic E-state index is 13.1. The molecule has 0 saturated heterocycles. The molecule has 0 atom stereocenters. The molecule has 1 aromatic carbocycles. The summed E-state index contributed by atoms with van der Waals surface area (Å²) < 4.78 is 28.5. The fourth-order valence-electron chi connectivity index (χ4n) is 4.40. The molecule has 0 radical (unpaired) electrons. The van der Waals surface area contributed by atoms with Crippen molar-refractivity contribution in [2.75, 3.05) is 0 Å². The van der Waals surface area contributed by atoms with E-state index in [1.165, 1.54) is 50.4 Å². The number of fused-ring (bicyclic) bond motifs is 1. The van der Waals surface area contributed by atoms with Gasteiger partial charge in [0, 0.05) is 23.7 Å². The highest BCUT2D eigenvalue weighted by molar-refractivity contribution is 7.91. The second-order valence-corrected chi connectivity index (χ2v) is 11.4. The molecule has 4 rings (SSSR count). The first-order valence-corrected chi connectivity index (χ1v) is 12.4. The summed E-state index contributed by atoms with van der Waals surface area (Å²) in [6.45, 7) is 7.34. The van der Waals surface area contributed by atoms with E-state index in [4.69, 9.17) is 4.98 Å². The van der Waals surface area contributed by atoms with Gasteiger partial charge in [-0.1, -0.05) is 40.0 Å². The van der Waals surface area contributed by atoms with Crippen LogP contribution in [0.2, 0.25) is 0 Å². The molecule has 0 aliphatic heterocycles. The Balaban J connectivity index is 1.77. The van der Waals surface area contributed by atoms with Crippen molar-refractivity contribution < 1.29 is 13.2 Å². The molecule has 0 spiro atoms. The summed E-state index contributed by atoms with van der Waals surface area (Å²) in [7, 11) is -3.80. The maximum atomic E-state index is 13.1. The van der Waals surface area contributed by atoms with Crippen LogP contribution in [0.15, 0.2) is 46.5 Å². The number of aldehydes is 1. The highest BCUT2D eigenvalue weighted by atomic mass is 32.2. The van der Waals surface area contributed by atoms with Crippen LogP contribution >= 0.6 is 0 Å². The van der Waals surface area contributed by atoms with E-state index in [0.29, 0.717) is 23.3 Å². The molecule has 1 fully saturated rings. The standard InChI is InChI=1S/C24H29N3O3S/c1-24(2,3)23-26-20-13-19(31(29,30)22-12-9-18(16-28)14-25-22)10-11-21(20)27(23)15-17-7-5-4-6-8-17/h9-14,16-17H,4-8,15H2,1-3H3. The summed E-state index contributed by atoms with van der Waals surface area (Å²) in [5, 5.41) is -0.0740. The van der Waals surface area contributed by atoms with Gasteiger partial charge >= 0.3 is 0 Å². The van der Waals surface area contributed by atoms with E-state index in [-0.39, 0.29) is 15.3 Å². The lowest BCUT2D eigenvalue weighted by Crippen LogP contribution is -2.22. The predicted molar refractivity (Wildman–Crippen MR) is 120 cm³/mol. The van der Waals surface area contributed by atoms with E-state index in [0.717, 1.165) is 17.9 Å². The summed E-state index contributed by atoms with van der Waals surface area (Å²) in [4.78, 5) is 19.9. The fraction of sp³-hybridized carbons (Fsp3) is 0.458. The molecule has 1 aliphatic rings. The maximum Gasteiger partial charge on any atom is 0.223 e. The smallest absolute Gasteiger partial charge is 0.223 e. The second kappa shape index (κ2) is 8.19. The van der Waals surface area contributed by atoms with Crippen LogP contribution in [-0.4, -0.2) is 29.2 Å². The molecular formula is C24H29N3O3S. The van der Waals surface area contributed by atoms with Gasteiger partial charge in [0.2, 0.25) is 9.84 Å². The summed E-state index contributed by atoms with van der Waals surface area (Å²) in [6, 6.07) is 7.98. The van der Waals surface area contributed by atoms with Crippen molar-refractivity contribution in [3.05, 3.63) is 47.9 Å². The van der Waals surface area contributed by atoms with E-state index in [2.05, 4.69) is 30.3 Å². The number of hydrogen-bond acceptors (Lipinski definition) is 5. The number of aromatic nitrogens is 3. The lowest BCUT2D eigenvalue weighted by Gasteiger charge is -2.26. The van der Waals surface area contributed by atoms with Crippen molar-refractivity contribution >= 4 is 27.2 Å². The molecule has 0 bridgehead atoms. The molecule has 7 heteroatoms. The van der Waals surface area contributed by atoms with Gasteiger partial charge in [0.15, 0.2) is 11.3 Å². The minimum Gasteiger partial charge on any atom is -0.327 e. The van der Waals surface area contributed by atoms with Crippen LogP contribution in [0.1, 0.15) is 69.1 Å². The van der Waals surface area contributed by atoms with Crippen molar-refractivity contribution in [1.29, 1.82) is 0 Å². The summed E-state index contributed by atoms with van der Waals surface area (Å²) >= 11 is 0. The van der Waals surface area contributed by atoms with Gasteiger partial charge in [-0.3, -0.25) is 4.79 Å². The summed E-state index contributed by atoms with van der Waals surface area (Å²) in [6.07, 6.45) is 8.26. The van der Waals surface area contributed by atoms with E-state index < -0.39 is 9.84 Å². The van der Waals surface area contributed by atoms with Crippen LogP contribution in [-0.2, 0) is 21.8 Å². The third-order valence-electron chi connectivity index (χ3n) is 6.04. The van der Waals surface area contributed by atoms with E-state index in [9.17, 15) is 13.2 Å². The monoisotopic (exact) mass is 439 g/mol. The van der Waals surface area contributed by atoms with E-state index in [1.807, 2.05) is 6.07 Å². The number of pyridine rings is 1. The summed E-state index contributed by atoms with van der Waals surface area (Å²) in [5.41, 5.74) is 1.84. The summed E-state index contributed by atoms with van der Waals surface area (Å²) in [5.74, 6) is 1.62. The molecule has 2 aromatic heterocycles. The van der Waals surface area contributed by atoms with Gasteiger partial charge in [-0.2, -0.15) is 0 Å². The number of imidazole rings is 1. The third-order valence-corrected chi connectivity index (χ3v) is 7.70. The SMILES string of the molecule is CC(C)(C)c1nc2cc(S(=O)(=O)c3ccc(C=O)cn3)ccc2n1CC1CCCCC1. The van der Waals surface area contributed by atoms with E-state index >= 15 is 0 Å². The lowest BCUT2D eigenvalue weighted by atomic mass is 9.88. The van der Waals surface area contributed by atoms with Gasteiger partial charge in [0.1, 0.15) is 5.82 Å². The van der Waals surface area contributed by atoms with Crippen molar-refractivity contribution in [2.45, 2.75) is 74.8 Å². The van der Waals surface area contributed by atoms with Crippen LogP contribution in [0.5, 0.6) is 0 Å². The van der Waals surface area contributed by atoms with Crippen LogP contribution in [0.25, 0.3) is 11.0 Å². The minimum absolute atomic E-state index is 0.0740. The zero-order valence-corrected chi connectivity index (χ0v) is 19.2. The first-order chi connectivity index (χ1) is 14.7.